The second kappa shape index (κ2) is 7.00. The number of nitrogens with zero attached hydrogens (tertiary/aromatic N) is 2. The van der Waals surface area contributed by atoms with Crippen molar-refractivity contribution in [3.63, 3.8) is 0 Å². The Morgan fingerprint density at radius 1 is 1.46 bits per heavy atom. The van der Waals surface area contributed by atoms with E-state index in [1.807, 2.05) is 38.1 Å². The normalized spacial score (nSPS) is 14.8. The lowest BCUT2D eigenvalue weighted by atomic mass is 10.2. The van der Waals surface area contributed by atoms with Gasteiger partial charge in [0.05, 0.1) is 12.2 Å². The van der Waals surface area contributed by atoms with Crippen molar-refractivity contribution in [2.45, 2.75) is 32.9 Å². The number of anilines is 1. The highest BCUT2D eigenvalue weighted by Gasteiger charge is 2.26. The van der Waals surface area contributed by atoms with Crippen molar-refractivity contribution in [1.29, 1.82) is 0 Å². The number of aromatic nitrogens is 1. The number of hydrogen-bond acceptors (Lipinski definition) is 5. The molecule has 0 bridgehead atoms. The van der Waals surface area contributed by atoms with Crippen molar-refractivity contribution in [3.8, 4) is 5.75 Å². The number of rotatable bonds is 5. The van der Waals surface area contributed by atoms with Crippen LogP contribution in [0.4, 0.5) is 5.69 Å². The van der Waals surface area contributed by atoms with Gasteiger partial charge in [-0.3, -0.25) is 14.5 Å². The fourth-order valence-electron chi connectivity index (χ4n) is 2.35. The van der Waals surface area contributed by atoms with Crippen LogP contribution in [0.15, 0.2) is 29.6 Å². The summed E-state index contributed by atoms with van der Waals surface area (Å²) in [6.07, 6.45) is 0.863. The summed E-state index contributed by atoms with van der Waals surface area (Å²) in [6, 6.07) is 7.52. The van der Waals surface area contributed by atoms with Crippen LogP contribution in [0.1, 0.15) is 35.8 Å². The Morgan fingerprint density at radius 2 is 2.25 bits per heavy atom. The number of hydrogen-bond donors (Lipinski definition) is 1. The molecule has 2 heterocycles. The van der Waals surface area contributed by atoms with Gasteiger partial charge in [0.15, 0.2) is 6.61 Å². The first-order chi connectivity index (χ1) is 11.6. The van der Waals surface area contributed by atoms with Crippen LogP contribution in [0.25, 0.3) is 0 Å². The van der Waals surface area contributed by atoms with Gasteiger partial charge in [0.25, 0.3) is 11.8 Å². The summed E-state index contributed by atoms with van der Waals surface area (Å²) < 4.78 is 5.43. The summed E-state index contributed by atoms with van der Waals surface area (Å²) in [5, 5.41) is 5.33. The molecule has 1 aromatic carbocycles. The maximum absolute atomic E-state index is 12.2. The van der Waals surface area contributed by atoms with Gasteiger partial charge in [0.1, 0.15) is 16.5 Å². The fourth-order valence-corrected chi connectivity index (χ4v) is 3.11. The second-order valence-electron chi connectivity index (χ2n) is 5.65. The van der Waals surface area contributed by atoms with Crippen LogP contribution in [0, 0.1) is 0 Å². The molecule has 1 aliphatic heterocycles. The number of amides is 2. The van der Waals surface area contributed by atoms with Gasteiger partial charge in [-0.05, 0) is 25.5 Å². The topological polar surface area (TPSA) is 71.5 Å². The molecule has 0 aliphatic carbocycles. The molecule has 3 rings (SSSR count). The van der Waals surface area contributed by atoms with E-state index >= 15 is 0 Å². The number of fused-ring (bicyclic) bond motifs is 1. The van der Waals surface area contributed by atoms with Gasteiger partial charge in [-0.25, -0.2) is 4.98 Å². The van der Waals surface area contributed by atoms with E-state index in [-0.39, 0.29) is 24.5 Å². The van der Waals surface area contributed by atoms with Crippen molar-refractivity contribution < 1.29 is 14.3 Å². The molecule has 126 valence electrons. The lowest BCUT2D eigenvalue weighted by Crippen LogP contribution is -2.38. The number of nitrogens with one attached hydrogen (secondary N) is 1. The molecule has 1 unspecified atom stereocenters. The predicted octanol–water partition coefficient (Wildman–Crippen LogP) is 2.60. The van der Waals surface area contributed by atoms with E-state index in [0.29, 0.717) is 23.0 Å². The molecule has 2 amide bonds. The summed E-state index contributed by atoms with van der Waals surface area (Å²) in [4.78, 5) is 30.3. The third kappa shape index (κ3) is 3.41. The Hall–Kier alpha value is -2.41. The Balaban J connectivity index is 1.75. The maximum atomic E-state index is 12.2. The number of para-hydroxylation sites is 2. The highest BCUT2D eigenvalue weighted by molar-refractivity contribution is 7.09. The van der Waals surface area contributed by atoms with Crippen molar-refractivity contribution in [2.24, 2.45) is 0 Å². The lowest BCUT2D eigenvalue weighted by Gasteiger charge is -2.28. The molecule has 0 saturated carbocycles. The van der Waals surface area contributed by atoms with Gasteiger partial charge >= 0.3 is 0 Å². The zero-order valence-electron chi connectivity index (χ0n) is 13.6. The third-order valence-electron chi connectivity index (χ3n) is 3.88. The molecule has 0 radical (unpaired) electrons. The van der Waals surface area contributed by atoms with Gasteiger partial charge in [0.2, 0.25) is 0 Å². The average molecular weight is 345 g/mol. The molecular weight excluding hydrogens is 326 g/mol. The second-order valence-corrected chi connectivity index (χ2v) is 6.59. The Bertz CT molecular complexity index is 759. The monoisotopic (exact) mass is 345 g/mol. The van der Waals surface area contributed by atoms with Gasteiger partial charge in [-0.15, -0.1) is 11.3 Å². The van der Waals surface area contributed by atoms with Crippen LogP contribution in [-0.2, 0) is 11.3 Å². The average Bonchev–Trinajstić information content (AvgIpc) is 3.06. The first-order valence-corrected chi connectivity index (χ1v) is 8.74. The highest BCUT2D eigenvalue weighted by Crippen LogP contribution is 2.32. The zero-order chi connectivity index (χ0) is 17.1. The van der Waals surface area contributed by atoms with E-state index in [1.165, 1.54) is 11.3 Å². The smallest absolute Gasteiger partial charge is 0.270 e. The summed E-state index contributed by atoms with van der Waals surface area (Å²) in [5.74, 6) is 0.387. The van der Waals surface area contributed by atoms with Crippen molar-refractivity contribution >= 4 is 28.8 Å². The molecule has 0 saturated heterocycles. The Kier molecular flexibility index (Phi) is 4.80. The first kappa shape index (κ1) is 16.4. The SMILES string of the molecule is CCC(C)NC(=O)c1csc(CN2C(=O)COc3ccccc32)n1. The minimum absolute atomic E-state index is 0.0176. The number of benzene rings is 1. The van der Waals surface area contributed by atoms with E-state index in [9.17, 15) is 9.59 Å². The van der Waals surface area contributed by atoms with Crippen molar-refractivity contribution in [3.05, 3.63) is 40.3 Å². The van der Waals surface area contributed by atoms with Crippen molar-refractivity contribution in [1.82, 2.24) is 10.3 Å². The molecule has 1 N–H and O–H groups in total. The van der Waals surface area contributed by atoms with Crippen LogP contribution in [-0.4, -0.2) is 29.4 Å². The summed E-state index contributed by atoms with van der Waals surface area (Å²) in [7, 11) is 0. The van der Waals surface area contributed by atoms with Crippen LogP contribution in [0.3, 0.4) is 0 Å². The summed E-state index contributed by atoms with van der Waals surface area (Å²) in [6.45, 7) is 4.32. The predicted molar refractivity (Wildman–Crippen MR) is 92.5 cm³/mol. The molecule has 1 atom stereocenters. The summed E-state index contributed by atoms with van der Waals surface area (Å²) in [5.41, 5.74) is 1.12. The standard InChI is InChI=1S/C17H19N3O3S/c1-3-11(2)18-17(22)12-10-24-15(19-12)8-20-13-6-4-5-7-14(13)23-9-16(20)21/h4-7,10-11H,3,8-9H2,1-2H3,(H,18,22). The quantitative estimate of drug-likeness (QED) is 0.904. The Morgan fingerprint density at radius 3 is 3.04 bits per heavy atom. The Labute approximate surface area is 144 Å². The van der Waals surface area contributed by atoms with Gasteiger partial charge in [0, 0.05) is 11.4 Å². The minimum atomic E-state index is -0.180. The van der Waals surface area contributed by atoms with E-state index in [1.54, 1.807) is 10.3 Å². The van der Waals surface area contributed by atoms with E-state index in [2.05, 4.69) is 10.3 Å². The number of thiazole rings is 1. The zero-order valence-corrected chi connectivity index (χ0v) is 14.4. The summed E-state index contributed by atoms with van der Waals surface area (Å²) >= 11 is 1.38. The molecule has 0 spiro atoms. The van der Waals surface area contributed by atoms with E-state index in [0.717, 1.165) is 12.1 Å². The van der Waals surface area contributed by atoms with Crippen LogP contribution in [0.2, 0.25) is 0 Å². The van der Waals surface area contributed by atoms with Gasteiger partial charge in [-0.1, -0.05) is 19.1 Å². The first-order valence-electron chi connectivity index (χ1n) is 7.86. The maximum Gasteiger partial charge on any atom is 0.270 e. The number of ether oxygens (including phenoxy) is 1. The van der Waals surface area contributed by atoms with Crippen LogP contribution in [0.5, 0.6) is 5.75 Å². The van der Waals surface area contributed by atoms with E-state index in [4.69, 9.17) is 4.74 Å². The molecule has 1 aliphatic rings. The molecule has 2 aromatic rings. The molecule has 24 heavy (non-hydrogen) atoms. The molecule has 7 heteroatoms. The molecule has 6 nitrogen and oxygen atoms in total. The fraction of sp³-hybridized carbons (Fsp3) is 0.353. The molecule has 0 fully saturated rings. The largest absolute Gasteiger partial charge is 0.482 e. The third-order valence-corrected chi connectivity index (χ3v) is 4.71. The number of carbonyl (C=O) groups excluding carboxylic acids is 2. The van der Waals surface area contributed by atoms with E-state index < -0.39 is 0 Å². The lowest BCUT2D eigenvalue weighted by molar-refractivity contribution is -0.121. The highest BCUT2D eigenvalue weighted by atomic mass is 32.1. The number of carbonyl (C=O) groups is 2. The minimum Gasteiger partial charge on any atom is -0.482 e. The molecule has 1 aromatic heterocycles. The van der Waals surface area contributed by atoms with Gasteiger partial charge in [-0.2, -0.15) is 0 Å². The van der Waals surface area contributed by atoms with Gasteiger partial charge < -0.3 is 10.1 Å². The molecular formula is C17H19N3O3S. The van der Waals surface area contributed by atoms with Crippen LogP contribution >= 0.6 is 11.3 Å². The van der Waals surface area contributed by atoms with Crippen LogP contribution < -0.4 is 15.0 Å². The van der Waals surface area contributed by atoms with Crippen molar-refractivity contribution in [2.75, 3.05) is 11.5 Å².